The third-order valence-corrected chi connectivity index (χ3v) is 4.84. The van der Waals surface area contributed by atoms with Gasteiger partial charge in [0.25, 0.3) is 0 Å². The molecule has 0 aromatic heterocycles. The smallest absolute Gasteiger partial charge is 0.00856 e. The second-order valence-electron chi connectivity index (χ2n) is 5.57. The lowest BCUT2D eigenvalue weighted by Gasteiger charge is -2.49. The topological polar surface area (TPSA) is 0 Å². The molecule has 0 bridgehead atoms. The fourth-order valence-corrected chi connectivity index (χ4v) is 4.02. The molecule has 0 aromatic carbocycles. The van der Waals surface area contributed by atoms with Crippen LogP contribution in [0.3, 0.4) is 0 Å². The molecule has 0 radical (unpaired) electrons. The van der Waals surface area contributed by atoms with Gasteiger partial charge in [0.2, 0.25) is 0 Å². The highest BCUT2D eigenvalue weighted by Gasteiger charge is 2.42. The van der Waals surface area contributed by atoms with Crippen molar-refractivity contribution in [2.75, 3.05) is 0 Å². The van der Waals surface area contributed by atoms with Crippen molar-refractivity contribution in [2.24, 2.45) is 17.3 Å². The highest BCUT2D eigenvalue weighted by molar-refractivity contribution is 5.21. The molecule has 2 aliphatic carbocycles. The SMILES string of the molecule is CCC1C(C)CCC2=CCCCC21C. The van der Waals surface area contributed by atoms with Crippen LogP contribution in [0.4, 0.5) is 0 Å². The quantitative estimate of drug-likeness (QED) is 0.534. The third kappa shape index (κ3) is 1.43. The Bertz CT molecular complexity index is 238. The van der Waals surface area contributed by atoms with Crippen molar-refractivity contribution in [2.45, 2.75) is 59.3 Å². The average molecular weight is 192 g/mol. The zero-order chi connectivity index (χ0) is 10.2. The molecule has 1 fully saturated rings. The van der Waals surface area contributed by atoms with E-state index in [4.69, 9.17) is 0 Å². The first-order chi connectivity index (χ1) is 6.68. The van der Waals surface area contributed by atoms with Gasteiger partial charge in [0.05, 0.1) is 0 Å². The molecule has 3 unspecified atom stereocenters. The minimum atomic E-state index is 0.574. The first kappa shape index (κ1) is 10.3. The van der Waals surface area contributed by atoms with Crippen LogP contribution in [-0.2, 0) is 0 Å². The van der Waals surface area contributed by atoms with Crippen LogP contribution in [0.1, 0.15) is 59.3 Å². The Morgan fingerprint density at radius 1 is 1.50 bits per heavy atom. The van der Waals surface area contributed by atoms with Gasteiger partial charge in [-0.15, -0.1) is 0 Å². The van der Waals surface area contributed by atoms with Crippen LogP contribution in [0.2, 0.25) is 0 Å². The Hall–Kier alpha value is -0.260. The van der Waals surface area contributed by atoms with E-state index in [2.05, 4.69) is 26.8 Å². The third-order valence-electron chi connectivity index (χ3n) is 4.84. The molecule has 1 saturated carbocycles. The van der Waals surface area contributed by atoms with E-state index in [9.17, 15) is 0 Å². The van der Waals surface area contributed by atoms with Crippen molar-refractivity contribution >= 4 is 0 Å². The molecule has 2 rings (SSSR count). The molecule has 0 heteroatoms. The molecule has 0 aliphatic heterocycles. The summed E-state index contributed by atoms with van der Waals surface area (Å²) in [5, 5.41) is 0. The lowest BCUT2D eigenvalue weighted by molar-refractivity contribution is 0.100. The van der Waals surface area contributed by atoms with Crippen LogP contribution in [-0.4, -0.2) is 0 Å². The van der Waals surface area contributed by atoms with Crippen LogP contribution in [0.15, 0.2) is 11.6 Å². The van der Waals surface area contributed by atoms with Gasteiger partial charge in [0, 0.05) is 0 Å². The Labute approximate surface area is 88.8 Å². The van der Waals surface area contributed by atoms with Gasteiger partial charge in [-0.3, -0.25) is 0 Å². The molecule has 3 atom stereocenters. The van der Waals surface area contributed by atoms with Gasteiger partial charge in [-0.05, 0) is 49.4 Å². The van der Waals surface area contributed by atoms with Gasteiger partial charge in [-0.1, -0.05) is 38.8 Å². The molecule has 2 aliphatic rings. The van der Waals surface area contributed by atoms with Gasteiger partial charge in [0.1, 0.15) is 0 Å². The highest BCUT2D eigenvalue weighted by Crippen LogP contribution is 2.53. The van der Waals surface area contributed by atoms with Gasteiger partial charge in [-0.25, -0.2) is 0 Å². The maximum absolute atomic E-state index is 2.55. The van der Waals surface area contributed by atoms with E-state index in [0.29, 0.717) is 5.41 Å². The van der Waals surface area contributed by atoms with Crippen LogP contribution in [0.25, 0.3) is 0 Å². The van der Waals surface area contributed by atoms with Crippen molar-refractivity contribution in [3.63, 3.8) is 0 Å². The number of allylic oxidation sites excluding steroid dienone is 2. The Morgan fingerprint density at radius 2 is 2.29 bits per heavy atom. The van der Waals surface area contributed by atoms with E-state index in [1.807, 2.05) is 0 Å². The minimum absolute atomic E-state index is 0.574. The van der Waals surface area contributed by atoms with E-state index in [1.165, 1.54) is 38.5 Å². The lowest BCUT2D eigenvalue weighted by atomic mass is 9.56. The number of fused-ring (bicyclic) bond motifs is 1. The van der Waals surface area contributed by atoms with Gasteiger partial charge < -0.3 is 0 Å². The van der Waals surface area contributed by atoms with Crippen LogP contribution >= 0.6 is 0 Å². The molecule has 14 heavy (non-hydrogen) atoms. The van der Waals surface area contributed by atoms with Crippen molar-refractivity contribution in [3.05, 3.63) is 11.6 Å². The van der Waals surface area contributed by atoms with Gasteiger partial charge in [-0.2, -0.15) is 0 Å². The predicted molar refractivity (Wildman–Crippen MR) is 62.2 cm³/mol. The van der Waals surface area contributed by atoms with Crippen molar-refractivity contribution in [1.82, 2.24) is 0 Å². The van der Waals surface area contributed by atoms with E-state index < -0.39 is 0 Å². The minimum Gasteiger partial charge on any atom is -0.0848 e. The Morgan fingerprint density at radius 3 is 3.00 bits per heavy atom. The Kier molecular flexibility index (Phi) is 2.72. The van der Waals surface area contributed by atoms with Gasteiger partial charge in [0.15, 0.2) is 0 Å². The standard InChI is InChI=1S/C14H24/c1-4-13-11(2)8-9-12-7-5-6-10-14(12,13)3/h7,11,13H,4-6,8-10H2,1-3H3. The highest BCUT2D eigenvalue weighted by atomic mass is 14.5. The molecule has 0 nitrogen and oxygen atoms in total. The van der Waals surface area contributed by atoms with Crippen molar-refractivity contribution in [3.8, 4) is 0 Å². The molecule has 0 amide bonds. The normalized spacial score (nSPS) is 42.9. The summed E-state index contributed by atoms with van der Waals surface area (Å²) in [4.78, 5) is 0. The molecule has 80 valence electrons. The van der Waals surface area contributed by atoms with Crippen LogP contribution in [0.5, 0.6) is 0 Å². The molecule has 0 aromatic rings. The van der Waals surface area contributed by atoms with Crippen molar-refractivity contribution in [1.29, 1.82) is 0 Å². The zero-order valence-corrected chi connectivity index (χ0v) is 9.97. The number of hydrogen-bond donors (Lipinski definition) is 0. The summed E-state index contributed by atoms with van der Waals surface area (Å²) < 4.78 is 0. The number of hydrogen-bond acceptors (Lipinski definition) is 0. The summed E-state index contributed by atoms with van der Waals surface area (Å²) in [6.07, 6.45) is 10.9. The van der Waals surface area contributed by atoms with E-state index in [-0.39, 0.29) is 0 Å². The molecule has 0 heterocycles. The zero-order valence-electron chi connectivity index (χ0n) is 9.97. The number of rotatable bonds is 1. The Balaban J connectivity index is 2.29. The van der Waals surface area contributed by atoms with Crippen molar-refractivity contribution < 1.29 is 0 Å². The van der Waals surface area contributed by atoms with E-state index in [0.717, 1.165) is 11.8 Å². The molecular weight excluding hydrogens is 168 g/mol. The summed E-state index contributed by atoms with van der Waals surface area (Å²) in [5.74, 6) is 1.89. The summed E-state index contributed by atoms with van der Waals surface area (Å²) in [7, 11) is 0. The molecule has 0 saturated heterocycles. The summed E-state index contributed by atoms with van der Waals surface area (Å²) >= 11 is 0. The van der Waals surface area contributed by atoms with Crippen LogP contribution < -0.4 is 0 Å². The maximum atomic E-state index is 2.55. The summed E-state index contributed by atoms with van der Waals surface area (Å²) in [6, 6.07) is 0. The summed E-state index contributed by atoms with van der Waals surface area (Å²) in [5.41, 5.74) is 2.37. The predicted octanol–water partition coefficient (Wildman–Crippen LogP) is 4.56. The molecule has 0 spiro atoms. The maximum Gasteiger partial charge on any atom is -0.00856 e. The largest absolute Gasteiger partial charge is 0.0848 e. The lowest BCUT2D eigenvalue weighted by Crippen LogP contribution is -2.38. The first-order valence-corrected chi connectivity index (χ1v) is 6.38. The fourth-order valence-electron chi connectivity index (χ4n) is 4.02. The molecule has 0 N–H and O–H groups in total. The second-order valence-corrected chi connectivity index (χ2v) is 5.57. The second kappa shape index (κ2) is 3.72. The molecular formula is C14H24. The van der Waals surface area contributed by atoms with Crippen LogP contribution in [0, 0.1) is 17.3 Å². The monoisotopic (exact) mass is 192 g/mol. The fraction of sp³-hybridized carbons (Fsp3) is 0.857. The average Bonchev–Trinajstić information content (AvgIpc) is 2.17. The summed E-state index contributed by atoms with van der Waals surface area (Å²) in [6.45, 7) is 7.37. The van der Waals surface area contributed by atoms with E-state index >= 15 is 0 Å². The van der Waals surface area contributed by atoms with E-state index in [1.54, 1.807) is 5.57 Å². The first-order valence-electron chi connectivity index (χ1n) is 6.38. The van der Waals surface area contributed by atoms with Gasteiger partial charge >= 0.3 is 0 Å².